The van der Waals surface area contributed by atoms with Gasteiger partial charge in [-0.15, -0.1) is 0 Å². The first-order valence-corrected chi connectivity index (χ1v) is 5.68. The summed E-state index contributed by atoms with van der Waals surface area (Å²) in [5, 5.41) is 3.56. The lowest BCUT2D eigenvalue weighted by atomic mass is 10.3. The van der Waals surface area contributed by atoms with E-state index in [2.05, 4.69) is 26.1 Å². The van der Waals surface area contributed by atoms with E-state index in [1.807, 2.05) is 0 Å². The van der Waals surface area contributed by atoms with E-state index >= 15 is 0 Å². The van der Waals surface area contributed by atoms with Crippen LogP contribution in [-0.2, 0) is 13.2 Å². The van der Waals surface area contributed by atoms with Crippen LogP contribution in [0.2, 0.25) is 0 Å². The molecular weight excluding hydrogens is 312 g/mol. The van der Waals surface area contributed by atoms with Crippen molar-refractivity contribution >= 4 is 15.9 Å². The van der Waals surface area contributed by atoms with Crippen LogP contribution in [0.25, 0.3) is 0 Å². The molecule has 8 heteroatoms. The molecule has 18 heavy (non-hydrogen) atoms. The molecule has 0 spiro atoms. The predicted octanol–water partition coefficient (Wildman–Crippen LogP) is 2.15. The second-order valence-corrected chi connectivity index (χ2v) is 4.21. The van der Waals surface area contributed by atoms with Crippen LogP contribution in [0.3, 0.4) is 0 Å². The average Bonchev–Trinajstić information content (AvgIpc) is 2.80. The van der Waals surface area contributed by atoms with Gasteiger partial charge in [0.2, 0.25) is 17.5 Å². The minimum absolute atomic E-state index is 0.104. The van der Waals surface area contributed by atoms with E-state index < -0.39 is 11.6 Å². The van der Waals surface area contributed by atoms with Crippen molar-refractivity contribution in [1.82, 2.24) is 10.1 Å². The summed E-state index contributed by atoms with van der Waals surface area (Å²) in [5.74, 6) is -1.86. The fraction of sp³-hybridized carbons (Fsp3) is 0.200. The number of hydrogen-bond acceptors (Lipinski definition) is 5. The van der Waals surface area contributed by atoms with Crippen LogP contribution < -0.4 is 10.5 Å². The summed E-state index contributed by atoms with van der Waals surface area (Å²) < 4.78 is 36.6. The first kappa shape index (κ1) is 12.9. The topological polar surface area (TPSA) is 74.2 Å². The highest BCUT2D eigenvalue weighted by atomic mass is 79.9. The van der Waals surface area contributed by atoms with Crippen molar-refractivity contribution in [2.75, 3.05) is 0 Å². The predicted molar refractivity (Wildman–Crippen MR) is 60.6 cm³/mol. The van der Waals surface area contributed by atoms with Crippen LogP contribution in [0.5, 0.6) is 5.75 Å². The molecule has 0 saturated heterocycles. The summed E-state index contributed by atoms with van der Waals surface area (Å²) >= 11 is 3.04. The molecule has 0 saturated carbocycles. The largest absolute Gasteiger partial charge is 0.482 e. The smallest absolute Gasteiger partial charge is 0.240 e. The van der Waals surface area contributed by atoms with Gasteiger partial charge >= 0.3 is 0 Å². The van der Waals surface area contributed by atoms with Crippen molar-refractivity contribution in [1.29, 1.82) is 0 Å². The summed E-state index contributed by atoms with van der Waals surface area (Å²) in [4.78, 5) is 3.86. The Morgan fingerprint density at radius 1 is 1.39 bits per heavy atom. The molecule has 5 nitrogen and oxygen atoms in total. The molecule has 0 atom stereocenters. The van der Waals surface area contributed by atoms with Gasteiger partial charge in [0, 0.05) is 4.47 Å². The normalized spacial score (nSPS) is 10.7. The zero-order valence-electron chi connectivity index (χ0n) is 8.99. The molecule has 1 heterocycles. The molecule has 2 rings (SSSR count). The molecule has 0 amide bonds. The average molecular weight is 320 g/mol. The van der Waals surface area contributed by atoms with Crippen LogP contribution in [0.1, 0.15) is 11.7 Å². The van der Waals surface area contributed by atoms with Gasteiger partial charge in [-0.3, -0.25) is 0 Å². The van der Waals surface area contributed by atoms with E-state index in [1.165, 1.54) is 6.07 Å². The number of rotatable bonds is 4. The van der Waals surface area contributed by atoms with Crippen molar-refractivity contribution in [2.45, 2.75) is 13.2 Å². The van der Waals surface area contributed by atoms with E-state index in [4.69, 9.17) is 15.0 Å². The Labute approximate surface area is 109 Å². The third kappa shape index (κ3) is 2.82. The molecule has 1 aromatic heterocycles. The Morgan fingerprint density at radius 3 is 2.83 bits per heavy atom. The summed E-state index contributed by atoms with van der Waals surface area (Å²) in [6.45, 7) is -0.0385. The van der Waals surface area contributed by atoms with Crippen LogP contribution in [0.4, 0.5) is 8.78 Å². The molecule has 2 aromatic rings. The molecule has 1 aromatic carbocycles. The number of ether oxygens (including phenoxy) is 1. The number of nitrogens with zero attached hydrogens (tertiary/aromatic N) is 2. The van der Waals surface area contributed by atoms with Crippen LogP contribution >= 0.6 is 15.9 Å². The zero-order chi connectivity index (χ0) is 13.1. The fourth-order valence-corrected chi connectivity index (χ4v) is 1.62. The maximum absolute atomic E-state index is 13.4. The van der Waals surface area contributed by atoms with Crippen molar-refractivity contribution in [2.24, 2.45) is 5.73 Å². The standard InChI is InChI=1S/C10H8BrF2N3O2/c11-5-1-6(12)10(13)7(2-5)17-4-8-15-9(3-14)18-16-8/h1-2H,3-4,14H2. The molecule has 0 aliphatic rings. The SMILES string of the molecule is NCc1nc(COc2cc(Br)cc(F)c2F)no1. The quantitative estimate of drug-likeness (QED) is 0.874. The summed E-state index contributed by atoms with van der Waals surface area (Å²) in [5.41, 5.74) is 5.28. The Kier molecular flexibility index (Phi) is 3.87. The summed E-state index contributed by atoms with van der Waals surface area (Å²) in [6.07, 6.45) is 0. The van der Waals surface area contributed by atoms with Crippen LogP contribution in [0, 0.1) is 11.6 Å². The van der Waals surface area contributed by atoms with Crippen molar-refractivity contribution in [3.63, 3.8) is 0 Å². The maximum Gasteiger partial charge on any atom is 0.240 e. The summed E-state index contributed by atoms with van der Waals surface area (Å²) in [7, 11) is 0. The fourth-order valence-electron chi connectivity index (χ4n) is 1.21. The number of aromatic nitrogens is 2. The number of benzene rings is 1. The van der Waals surface area contributed by atoms with Gasteiger partial charge in [-0.1, -0.05) is 21.1 Å². The van der Waals surface area contributed by atoms with E-state index in [0.29, 0.717) is 4.47 Å². The minimum atomic E-state index is -1.07. The molecule has 0 bridgehead atoms. The molecular formula is C10H8BrF2N3O2. The van der Waals surface area contributed by atoms with Crippen molar-refractivity contribution in [3.8, 4) is 5.75 Å². The van der Waals surface area contributed by atoms with Gasteiger partial charge in [-0.25, -0.2) is 4.39 Å². The first-order valence-electron chi connectivity index (χ1n) is 4.89. The van der Waals surface area contributed by atoms with Crippen molar-refractivity contribution < 1.29 is 18.0 Å². The third-order valence-corrected chi connectivity index (χ3v) is 2.46. The Bertz CT molecular complexity index is 562. The lowest BCUT2D eigenvalue weighted by Gasteiger charge is -2.05. The van der Waals surface area contributed by atoms with Gasteiger partial charge in [0.25, 0.3) is 0 Å². The molecule has 96 valence electrons. The first-order chi connectivity index (χ1) is 8.60. The monoisotopic (exact) mass is 319 g/mol. The summed E-state index contributed by atoms with van der Waals surface area (Å²) in [6, 6.07) is 2.31. The number of hydrogen-bond donors (Lipinski definition) is 1. The van der Waals surface area contributed by atoms with Gasteiger partial charge in [-0.2, -0.15) is 9.37 Å². The van der Waals surface area contributed by atoms with E-state index in [-0.39, 0.29) is 30.6 Å². The second kappa shape index (κ2) is 5.40. The highest BCUT2D eigenvalue weighted by Gasteiger charge is 2.13. The van der Waals surface area contributed by atoms with Gasteiger partial charge in [0.1, 0.15) is 0 Å². The molecule has 2 N–H and O–H groups in total. The van der Waals surface area contributed by atoms with Gasteiger partial charge in [0.15, 0.2) is 18.2 Å². The molecule has 0 unspecified atom stereocenters. The van der Waals surface area contributed by atoms with E-state index in [0.717, 1.165) is 6.07 Å². The minimum Gasteiger partial charge on any atom is -0.482 e. The Hall–Kier alpha value is -1.54. The highest BCUT2D eigenvalue weighted by Crippen LogP contribution is 2.25. The second-order valence-electron chi connectivity index (χ2n) is 3.30. The van der Waals surface area contributed by atoms with Crippen LogP contribution in [0.15, 0.2) is 21.1 Å². The molecule has 0 fully saturated rings. The zero-order valence-corrected chi connectivity index (χ0v) is 10.6. The van der Waals surface area contributed by atoms with Crippen LogP contribution in [-0.4, -0.2) is 10.1 Å². The number of halogens is 3. The lowest BCUT2D eigenvalue weighted by molar-refractivity contribution is 0.268. The Morgan fingerprint density at radius 2 is 2.17 bits per heavy atom. The lowest BCUT2D eigenvalue weighted by Crippen LogP contribution is -2.02. The Balaban J connectivity index is 2.10. The van der Waals surface area contributed by atoms with Gasteiger partial charge in [0.05, 0.1) is 6.54 Å². The van der Waals surface area contributed by atoms with Gasteiger partial charge < -0.3 is 15.0 Å². The number of nitrogens with two attached hydrogens (primary N) is 1. The van der Waals surface area contributed by atoms with E-state index in [1.54, 1.807) is 0 Å². The molecule has 0 radical (unpaired) electrons. The van der Waals surface area contributed by atoms with E-state index in [9.17, 15) is 8.78 Å². The van der Waals surface area contributed by atoms with Gasteiger partial charge in [-0.05, 0) is 12.1 Å². The maximum atomic E-state index is 13.4. The molecule has 0 aliphatic carbocycles. The molecule has 0 aliphatic heterocycles. The van der Waals surface area contributed by atoms with Crippen molar-refractivity contribution in [3.05, 3.63) is 40.0 Å². The highest BCUT2D eigenvalue weighted by molar-refractivity contribution is 9.10. The third-order valence-electron chi connectivity index (χ3n) is 2.00.